The zero-order valence-corrected chi connectivity index (χ0v) is 8.68. The maximum atomic E-state index is 11.3. The van der Waals surface area contributed by atoms with Gasteiger partial charge in [-0.05, 0) is 24.2 Å². The fourth-order valence-corrected chi connectivity index (χ4v) is 2.03. The first-order chi connectivity index (χ1) is 5.41. The monoisotopic (exact) mass is 168 g/mol. The van der Waals surface area contributed by atoms with Crippen molar-refractivity contribution in [2.45, 2.75) is 47.0 Å². The molecule has 0 unspecified atom stereocenters. The van der Waals surface area contributed by atoms with Gasteiger partial charge in [0.25, 0.3) is 0 Å². The summed E-state index contributed by atoms with van der Waals surface area (Å²) in [5.41, 5.74) is 0.384. The molecule has 1 rings (SSSR count). The number of hydrogen-bond acceptors (Lipinski definition) is 1. The minimum absolute atomic E-state index is 0.308. The summed E-state index contributed by atoms with van der Waals surface area (Å²) in [6.45, 7) is 8.90. The van der Waals surface area contributed by atoms with E-state index in [2.05, 4.69) is 27.7 Å². The van der Waals surface area contributed by atoms with Crippen LogP contribution in [0.5, 0.6) is 0 Å². The van der Waals surface area contributed by atoms with E-state index in [1.165, 1.54) is 0 Å². The third-order valence-electron chi connectivity index (χ3n) is 3.15. The molecule has 2 atom stereocenters. The second-order valence-electron chi connectivity index (χ2n) is 5.20. The van der Waals surface area contributed by atoms with Gasteiger partial charge in [-0.3, -0.25) is 4.79 Å². The molecule has 1 saturated carbocycles. The van der Waals surface area contributed by atoms with E-state index in [-0.39, 0.29) is 0 Å². The van der Waals surface area contributed by atoms with Crippen molar-refractivity contribution in [3.63, 3.8) is 0 Å². The molecule has 12 heavy (non-hydrogen) atoms. The molecule has 0 saturated heterocycles. The lowest BCUT2D eigenvalue weighted by atomic mass is 9.69. The Hall–Kier alpha value is -0.330. The van der Waals surface area contributed by atoms with Gasteiger partial charge in [0, 0.05) is 12.3 Å². The summed E-state index contributed by atoms with van der Waals surface area (Å²) < 4.78 is 0. The Morgan fingerprint density at radius 1 is 1.33 bits per heavy atom. The van der Waals surface area contributed by atoms with Crippen LogP contribution in [0.15, 0.2) is 0 Å². The van der Waals surface area contributed by atoms with Crippen LogP contribution >= 0.6 is 0 Å². The highest BCUT2D eigenvalue weighted by atomic mass is 16.1. The minimum Gasteiger partial charge on any atom is -0.299 e. The molecular weight excluding hydrogens is 148 g/mol. The van der Waals surface area contributed by atoms with Gasteiger partial charge in [0.15, 0.2) is 0 Å². The first-order valence-electron chi connectivity index (χ1n) is 4.94. The Kier molecular flexibility index (Phi) is 2.60. The largest absolute Gasteiger partial charge is 0.299 e. The molecule has 1 fully saturated rings. The number of Topliss-reactive ketones (excluding diaryl/α,β-unsaturated/α-hetero) is 1. The SMILES string of the molecule is C[C@H]1C[C@H](C(C)(C)C)CCC1=O. The van der Waals surface area contributed by atoms with Crippen molar-refractivity contribution < 1.29 is 4.79 Å². The summed E-state index contributed by atoms with van der Waals surface area (Å²) in [5, 5.41) is 0. The lowest BCUT2D eigenvalue weighted by Gasteiger charge is -2.35. The number of carbonyl (C=O) groups excluding carboxylic acids is 1. The molecule has 0 N–H and O–H groups in total. The van der Waals surface area contributed by atoms with Gasteiger partial charge in [0.05, 0.1) is 0 Å². The summed E-state index contributed by atoms with van der Waals surface area (Å²) >= 11 is 0. The Morgan fingerprint density at radius 2 is 1.92 bits per heavy atom. The summed E-state index contributed by atoms with van der Waals surface area (Å²) in [7, 11) is 0. The van der Waals surface area contributed by atoms with Crippen LogP contribution in [0.3, 0.4) is 0 Å². The fourth-order valence-electron chi connectivity index (χ4n) is 2.03. The van der Waals surface area contributed by atoms with Crippen LogP contribution in [0, 0.1) is 17.3 Å². The van der Waals surface area contributed by atoms with Crippen molar-refractivity contribution in [2.75, 3.05) is 0 Å². The van der Waals surface area contributed by atoms with E-state index in [4.69, 9.17) is 0 Å². The van der Waals surface area contributed by atoms with E-state index in [9.17, 15) is 4.79 Å². The normalized spacial score (nSPS) is 32.2. The molecule has 1 nitrogen and oxygen atoms in total. The second kappa shape index (κ2) is 3.20. The van der Waals surface area contributed by atoms with Crippen molar-refractivity contribution >= 4 is 5.78 Å². The Morgan fingerprint density at radius 3 is 2.33 bits per heavy atom. The van der Waals surface area contributed by atoms with Crippen molar-refractivity contribution in [1.29, 1.82) is 0 Å². The van der Waals surface area contributed by atoms with E-state index in [0.29, 0.717) is 17.1 Å². The number of ketones is 1. The predicted octanol–water partition coefficient (Wildman–Crippen LogP) is 3.04. The quantitative estimate of drug-likeness (QED) is 0.543. The topological polar surface area (TPSA) is 17.1 Å². The lowest BCUT2D eigenvalue weighted by molar-refractivity contribution is -0.125. The van der Waals surface area contributed by atoms with Gasteiger partial charge in [0.1, 0.15) is 5.78 Å². The first-order valence-corrected chi connectivity index (χ1v) is 4.94. The molecule has 0 aromatic carbocycles. The Balaban J connectivity index is 2.57. The van der Waals surface area contributed by atoms with Crippen LogP contribution in [0.25, 0.3) is 0 Å². The highest BCUT2D eigenvalue weighted by Gasteiger charge is 2.32. The molecule has 0 bridgehead atoms. The molecule has 0 amide bonds. The maximum absolute atomic E-state index is 11.3. The van der Waals surface area contributed by atoms with Gasteiger partial charge in [0.2, 0.25) is 0 Å². The zero-order valence-electron chi connectivity index (χ0n) is 8.68. The second-order valence-corrected chi connectivity index (χ2v) is 5.20. The summed E-state index contributed by atoms with van der Waals surface area (Å²) in [6, 6.07) is 0. The van der Waals surface area contributed by atoms with E-state index in [1.54, 1.807) is 0 Å². The van der Waals surface area contributed by atoms with Gasteiger partial charge in [-0.1, -0.05) is 27.7 Å². The average Bonchev–Trinajstić information content (AvgIpc) is 1.92. The third-order valence-corrected chi connectivity index (χ3v) is 3.15. The molecule has 0 radical (unpaired) electrons. The van der Waals surface area contributed by atoms with Crippen LogP contribution in [0.2, 0.25) is 0 Å². The molecule has 1 aliphatic carbocycles. The summed E-state index contributed by atoms with van der Waals surface area (Å²) in [4.78, 5) is 11.3. The fraction of sp³-hybridized carbons (Fsp3) is 0.909. The van der Waals surface area contributed by atoms with Gasteiger partial charge < -0.3 is 0 Å². The maximum Gasteiger partial charge on any atom is 0.135 e. The molecule has 0 heterocycles. The number of rotatable bonds is 0. The van der Waals surface area contributed by atoms with Crippen LogP contribution in [-0.4, -0.2) is 5.78 Å². The van der Waals surface area contributed by atoms with Crippen LogP contribution < -0.4 is 0 Å². The number of hydrogen-bond donors (Lipinski definition) is 0. The van der Waals surface area contributed by atoms with Gasteiger partial charge in [-0.15, -0.1) is 0 Å². The molecule has 0 aromatic heterocycles. The van der Waals surface area contributed by atoms with Gasteiger partial charge >= 0.3 is 0 Å². The summed E-state index contributed by atoms with van der Waals surface area (Å²) in [6.07, 6.45) is 3.01. The molecule has 1 heteroatoms. The van der Waals surface area contributed by atoms with Crippen molar-refractivity contribution in [2.24, 2.45) is 17.3 Å². The van der Waals surface area contributed by atoms with E-state index in [1.807, 2.05) is 0 Å². The average molecular weight is 168 g/mol. The molecule has 70 valence electrons. The van der Waals surface area contributed by atoms with Crippen LogP contribution in [0.1, 0.15) is 47.0 Å². The van der Waals surface area contributed by atoms with Crippen LogP contribution in [-0.2, 0) is 4.79 Å². The molecule has 1 aliphatic rings. The summed E-state index contributed by atoms with van der Waals surface area (Å²) in [5.74, 6) is 1.52. The van der Waals surface area contributed by atoms with Crippen LogP contribution in [0.4, 0.5) is 0 Å². The third kappa shape index (κ3) is 2.09. The molecule has 0 spiro atoms. The van der Waals surface area contributed by atoms with E-state index < -0.39 is 0 Å². The van der Waals surface area contributed by atoms with Gasteiger partial charge in [-0.2, -0.15) is 0 Å². The van der Waals surface area contributed by atoms with Gasteiger partial charge in [-0.25, -0.2) is 0 Å². The Bertz CT molecular complexity index is 176. The molecular formula is C11H20O. The van der Waals surface area contributed by atoms with E-state index >= 15 is 0 Å². The smallest absolute Gasteiger partial charge is 0.135 e. The highest BCUT2D eigenvalue weighted by Crippen LogP contribution is 2.38. The predicted molar refractivity (Wildman–Crippen MR) is 51.0 cm³/mol. The first kappa shape index (κ1) is 9.76. The zero-order chi connectivity index (χ0) is 9.35. The highest BCUT2D eigenvalue weighted by molar-refractivity contribution is 5.81. The van der Waals surface area contributed by atoms with E-state index in [0.717, 1.165) is 25.2 Å². The minimum atomic E-state index is 0.308. The number of carbonyl (C=O) groups is 1. The lowest BCUT2D eigenvalue weighted by Crippen LogP contribution is -2.30. The van der Waals surface area contributed by atoms with Crippen molar-refractivity contribution in [3.05, 3.63) is 0 Å². The van der Waals surface area contributed by atoms with Crippen molar-refractivity contribution in [3.8, 4) is 0 Å². The van der Waals surface area contributed by atoms with Crippen molar-refractivity contribution in [1.82, 2.24) is 0 Å². The Labute approximate surface area is 75.5 Å². The molecule has 0 aliphatic heterocycles. The molecule has 0 aromatic rings. The standard InChI is InChI=1S/C11H20O/c1-8-7-9(11(2,3)4)5-6-10(8)12/h8-9H,5-7H2,1-4H3/t8-,9+/m0/s1.